The van der Waals surface area contributed by atoms with Crippen LogP contribution in [0.25, 0.3) is 0 Å². The van der Waals surface area contributed by atoms with Crippen LogP contribution in [0.5, 0.6) is 0 Å². The first kappa shape index (κ1) is 26.9. The lowest BCUT2D eigenvalue weighted by atomic mass is 10.00. The highest BCUT2D eigenvalue weighted by atomic mass is 16.6. The van der Waals surface area contributed by atoms with Crippen molar-refractivity contribution in [1.82, 2.24) is 5.32 Å². The number of hydrogen-bond acceptors (Lipinski definition) is 7. The minimum atomic E-state index is -1.29. The van der Waals surface area contributed by atoms with Gasteiger partial charge in [-0.3, -0.25) is 34.2 Å². The van der Waals surface area contributed by atoms with Gasteiger partial charge in [0.2, 0.25) is 5.91 Å². The van der Waals surface area contributed by atoms with E-state index in [0.29, 0.717) is 0 Å². The number of amides is 2. The van der Waals surface area contributed by atoms with Crippen LogP contribution in [-0.4, -0.2) is 41.6 Å². The average molecular weight is 482 g/mol. The highest BCUT2D eigenvalue weighted by Crippen LogP contribution is 2.32. The van der Waals surface area contributed by atoms with E-state index in [1.54, 1.807) is 38.1 Å². The van der Waals surface area contributed by atoms with Crippen molar-refractivity contribution in [2.45, 2.75) is 33.2 Å². The quantitative estimate of drug-likeness (QED) is 0.170. The molecule has 0 aromatic heterocycles. The number of para-hydroxylation sites is 1. The van der Waals surface area contributed by atoms with E-state index >= 15 is 0 Å². The van der Waals surface area contributed by atoms with Crippen molar-refractivity contribution in [3.05, 3.63) is 81.9 Å². The van der Waals surface area contributed by atoms with E-state index in [4.69, 9.17) is 4.74 Å². The molecule has 0 saturated carbocycles. The van der Waals surface area contributed by atoms with Gasteiger partial charge in [-0.15, -0.1) is 0 Å². The van der Waals surface area contributed by atoms with E-state index < -0.39 is 28.7 Å². The van der Waals surface area contributed by atoms with Gasteiger partial charge < -0.3 is 10.1 Å². The number of non-ortho nitro benzene ring substituents is 1. The second-order valence-electron chi connectivity index (χ2n) is 7.38. The standard InChI is InChI=1S/C25H27N3O7/c1-4-8-22(30)27(21-10-7-6-9-20(21)17(3)29)24(18-11-13-19(14-12-18)28(33)34)25(32)26-16-15-23(31)35-5-2/h4,6-14,24H,5,15-16H2,1-3H3,(H,26,32)/b8-4+. The van der Waals surface area contributed by atoms with Gasteiger partial charge in [0.15, 0.2) is 5.78 Å². The Kier molecular flexibility index (Phi) is 9.83. The van der Waals surface area contributed by atoms with Gasteiger partial charge in [0.05, 0.1) is 23.6 Å². The number of ether oxygens (including phenoxy) is 1. The highest BCUT2D eigenvalue weighted by Gasteiger charge is 2.33. The van der Waals surface area contributed by atoms with Gasteiger partial charge in [-0.25, -0.2) is 0 Å². The van der Waals surface area contributed by atoms with E-state index in [9.17, 15) is 29.3 Å². The van der Waals surface area contributed by atoms with Crippen LogP contribution < -0.4 is 10.2 Å². The third-order valence-corrected chi connectivity index (χ3v) is 4.95. The lowest BCUT2D eigenvalue weighted by Crippen LogP contribution is -2.44. The number of esters is 1. The first-order valence-corrected chi connectivity index (χ1v) is 10.9. The fourth-order valence-electron chi connectivity index (χ4n) is 3.40. The Morgan fingerprint density at radius 1 is 1.11 bits per heavy atom. The maximum atomic E-state index is 13.4. The normalized spacial score (nSPS) is 11.5. The maximum Gasteiger partial charge on any atom is 0.307 e. The zero-order valence-electron chi connectivity index (χ0n) is 19.7. The Morgan fingerprint density at radius 2 is 1.77 bits per heavy atom. The molecule has 0 saturated heterocycles. The Hall–Kier alpha value is -4.34. The number of Topliss-reactive ketones (excluding diaryl/α,β-unsaturated/α-hetero) is 1. The molecule has 0 heterocycles. The molecule has 1 atom stereocenters. The molecule has 0 fully saturated rings. The first-order chi connectivity index (χ1) is 16.7. The number of nitrogens with one attached hydrogen (secondary N) is 1. The van der Waals surface area contributed by atoms with E-state index in [2.05, 4.69) is 5.32 Å². The molecule has 10 nitrogen and oxygen atoms in total. The number of allylic oxidation sites excluding steroid dienone is 1. The van der Waals surface area contributed by atoms with Crippen LogP contribution in [-0.2, 0) is 19.1 Å². The molecular weight excluding hydrogens is 454 g/mol. The molecular formula is C25H27N3O7. The number of hydrogen-bond donors (Lipinski definition) is 1. The van der Waals surface area contributed by atoms with Gasteiger partial charge in [0.25, 0.3) is 11.6 Å². The Morgan fingerprint density at radius 3 is 2.34 bits per heavy atom. The summed E-state index contributed by atoms with van der Waals surface area (Å²) in [5.74, 6) is -2.03. The van der Waals surface area contributed by atoms with Crippen LogP contribution in [0.1, 0.15) is 49.2 Å². The number of benzene rings is 2. The zero-order chi connectivity index (χ0) is 26.0. The van der Waals surface area contributed by atoms with Gasteiger partial charge in [0.1, 0.15) is 6.04 Å². The molecule has 1 unspecified atom stereocenters. The van der Waals surface area contributed by atoms with Crippen LogP contribution in [0.3, 0.4) is 0 Å². The number of anilines is 1. The Bertz CT molecular complexity index is 1130. The number of ketones is 1. The SMILES string of the molecule is C/C=C/C(=O)N(c1ccccc1C(C)=O)C(C(=O)NCCC(=O)OCC)c1ccc([N+](=O)[O-])cc1. The third kappa shape index (κ3) is 7.07. The van der Waals surface area contributed by atoms with Crippen molar-refractivity contribution >= 4 is 34.9 Å². The number of rotatable bonds is 11. The minimum absolute atomic E-state index is 0.0544. The number of nitrogens with zero attached hydrogens (tertiary/aromatic N) is 2. The third-order valence-electron chi connectivity index (χ3n) is 4.95. The van der Waals surface area contributed by atoms with Crippen molar-refractivity contribution in [2.75, 3.05) is 18.1 Å². The predicted molar refractivity (Wildman–Crippen MR) is 129 cm³/mol. The van der Waals surface area contributed by atoms with E-state index in [1.165, 1.54) is 43.3 Å². The molecule has 2 aromatic rings. The first-order valence-electron chi connectivity index (χ1n) is 10.9. The topological polar surface area (TPSA) is 136 Å². The number of nitro groups is 1. The summed E-state index contributed by atoms with van der Waals surface area (Å²) in [4.78, 5) is 62.4. The van der Waals surface area contributed by atoms with Gasteiger partial charge in [-0.2, -0.15) is 0 Å². The highest BCUT2D eigenvalue weighted by molar-refractivity contribution is 6.11. The minimum Gasteiger partial charge on any atom is -0.466 e. The molecule has 0 aliphatic rings. The summed E-state index contributed by atoms with van der Waals surface area (Å²) in [5, 5.41) is 13.7. The molecule has 0 aliphatic carbocycles. The van der Waals surface area contributed by atoms with Crippen molar-refractivity contribution < 1.29 is 28.8 Å². The molecule has 2 amide bonds. The molecule has 0 aliphatic heterocycles. The summed E-state index contributed by atoms with van der Waals surface area (Å²) in [7, 11) is 0. The molecule has 2 rings (SSSR count). The van der Waals surface area contributed by atoms with Gasteiger partial charge in [0, 0.05) is 24.2 Å². The molecule has 1 N–H and O–H groups in total. The smallest absolute Gasteiger partial charge is 0.307 e. The summed E-state index contributed by atoms with van der Waals surface area (Å²) in [6.45, 7) is 4.79. The Labute approximate surface area is 202 Å². The fourth-order valence-corrected chi connectivity index (χ4v) is 3.40. The van der Waals surface area contributed by atoms with Crippen LogP contribution in [0.2, 0.25) is 0 Å². The second kappa shape index (κ2) is 12.8. The number of carbonyl (C=O) groups excluding carboxylic acids is 4. The van der Waals surface area contributed by atoms with Gasteiger partial charge >= 0.3 is 5.97 Å². The lowest BCUT2D eigenvalue weighted by Gasteiger charge is -2.31. The van der Waals surface area contributed by atoms with Crippen LogP contribution in [0.15, 0.2) is 60.7 Å². The summed E-state index contributed by atoms with van der Waals surface area (Å²) in [6.07, 6.45) is 2.66. The molecule has 0 spiro atoms. The monoisotopic (exact) mass is 481 g/mol. The van der Waals surface area contributed by atoms with Gasteiger partial charge in [-0.05, 0) is 56.7 Å². The Balaban J connectivity index is 2.60. The van der Waals surface area contributed by atoms with Crippen molar-refractivity contribution in [2.24, 2.45) is 0 Å². The summed E-state index contributed by atoms with van der Waals surface area (Å²) >= 11 is 0. The van der Waals surface area contributed by atoms with E-state index in [1.807, 2.05) is 0 Å². The second-order valence-corrected chi connectivity index (χ2v) is 7.38. The summed E-state index contributed by atoms with van der Waals surface area (Å²) < 4.78 is 4.87. The molecule has 2 aromatic carbocycles. The fraction of sp³-hybridized carbons (Fsp3) is 0.280. The van der Waals surface area contributed by atoms with E-state index in [-0.39, 0.29) is 47.9 Å². The number of carbonyl (C=O) groups is 4. The van der Waals surface area contributed by atoms with Crippen molar-refractivity contribution in [3.8, 4) is 0 Å². The van der Waals surface area contributed by atoms with E-state index in [0.717, 1.165) is 4.90 Å². The molecule has 0 bridgehead atoms. The molecule has 184 valence electrons. The van der Waals surface area contributed by atoms with Crippen LogP contribution >= 0.6 is 0 Å². The zero-order valence-corrected chi connectivity index (χ0v) is 19.7. The summed E-state index contributed by atoms with van der Waals surface area (Å²) in [5.41, 5.74) is 0.509. The van der Waals surface area contributed by atoms with Crippen LogP contribution in [0.4, 0.5) is 11.4 Å². The molecule has 35 heavy (non-hydrogen) atoms. The average Bonchev–Trinajstić information content (AvgIpc) is 2.82. The van der Waals surface area contributed by atoms with Crippen molar-refractivity contribution in [1.29, 1.82) is 0 Å². The molecule has 10 heteroatoms. The predicted octanol–water partition coefficient (Wildman–Crippen LogP) is 3.52. The van der Waals surface area contributed by atoms with Crippen LogP contribution in [0, 0.1) is 10.1 Å². The summed E-state index contributed by atoms with van der Waals surface area (Å²) in [6, 6.07) is 10.3. The largest absolute Gasteiger partial charge is 0.466 e. The van der Waals surface area contributed by atoms with Crippen molar-refractivity contribution in [3.63, 3.8) is 0 Å². The van der Waals surface area contributed by atoms with Gasteiger partial charge in [-0.1, -0.05) is 18.2 Å². The number of nitro benzene ring substituents is 1. The molecule has 0 radical (unpaired) electrons. The lowest BCUT2D eigenvalue weighted by molar-refractivity contribution is -0.384. The maximum absolute atomic E-state index is 13.4.